The summed E-state index contributed by atoms with van der Waals surface area (Å²) in [6.45, 7) is 16.1. The van der Waals surface area contributed by atoms with E-state index in [1.165, 1.54) is 17.8 Å². The molecular formula is C20H35N5O. The zero-order valence-electron chi connectivity index (χ0n) is 16.7. The largest absolute Gasteiger partial charge is 0.404 e. The van der Waals surface area contributed by atoms with Crippen LogP contribution in [0.15, 0.2) is 52.5 Å². The molecule has 0 radical (unpaired) electrons. The van der Waals surface area contributed by atoms with Crippen molar-refractivity contribution in [1.29, 1.82) is 5.41 Å². The molecule has 146 valence electrons. The van der Waals surface area contributed by atoms with E-state index < -0.39 is 0 Å². The van der Waals surface area contributed by atoms with Crippen molar-refractivity contribution in [3.05, 3.63) is 47.5 Å². The molecule has 0 aliphatic rings. The smallest absolute Gasteiger partial charge is 0.138 e. The summed E-state index contributed by atoms with van der Waals surface area (Å²) in [7, 11) is 1.91. The molecule has 6 heteroatoms. The average molecular weight is 362 g/mol. The van der Waals surface area contributed by atoms with Crippen molar-refractivity contribution >= 4 is 12.6 Å². The van der Waals surface area contributed by atoms with Crippen molar-refractivity contribution in [2.24, 2.45) is 16.6 Å². The van der Waals surface area contributed by atoms with Gasteiger partial charge in [0.05, 0.1) is 13.2 Å². The Kier molecular flexibility index (Phi) is 12.9. The minimum Gasteiger partial charge on any atom is -0.404 e. The van der Waals surface area contributed by atoms with Gasteiger partial charge in [-0.05, 0) is 45.0 Å². The monoisotopic (exact) mass is 361 g/mol. The SMILES string of the molecule is C=CC(=C(/N=C)NC(=N)/C=C\N)/C(C)=C(/CCC)C(C)COCCNC. The van der Waals surface area contributed by atoms with Gasteiger partial charge in [-0.1, -0.05) is 38.5 Å². The zero-order valence-corrected chi connectivity index (χ0v) is 16.7. The number of hydrogen-bond donors (Lipinski definition) is 4. The summed E-state index contributed by atoms with van der Waals surface area (Å²) in [5, 5.41) is 13.9. The summed E-state index contributed by atoms with van der Waals surface area (Å²) in [6, 6.07) is 0. The van der Waals surface area contributed by atoms with Crippen molar-refractivity contribution in [2.75, 3.05) is 26.8 Å². The van der Waals surface area contributed by atoms with E-state index in [-0.39, 0.29) is 11.8 Å². The van der Waals surface area contributed by atoms with Gasteiger partial charge in [0.2, 0.25) is 0 Å². The fourth-order valence-electron chi connectivity index (χ4n) is 2.67. The number of nitrogens with one attached hydrogen (secondary N) is 3. The summed E-state index contributed by atoms with van der Waals surface area (Å²) < 4.78 is 5.76. The molecule has 0 saturated heterocycles. The lowest BCUT2D eigenvalue weighted by Gasteiger charge is -2.21. The van der Waals surface area contributed by atoms with E-state index in [9.17, 15) is 0 Å². The van der Waals surface area contributed by atoms with Crippen molar-refractivity contribution in [2.45, 2.75) is 33.6 Å². The molecule has 6 nitrogen and oxygen atoms in total. The lowest BCUT2D eigenvalue weighted by atomic mass is 9.89. The molecule has 5 N–H and O–H groups in total. The molecule has 0 saturated carbocycles. The second-order valence-electron chi connectivity index (χ2n) is 6.00. The molecular weight excluding hydrogens is 326 g/mol. The van der Waals surface area contributed by atoms with E-state index >= 15 is 0 Å². The Balaban J connectivity index is 5.69. The molecule has 0 amide bonds. The lowest BCUT2D eigenvalue weighted by Crippen LogP contribution is -2.21. The van der Waals surface area contributed by atoms with Crippen LogP contribution in [0.4, 0.5) is 0 Å². The maximum Gasteiger partial charge on any atom is 0.138 e. The Morgan fingerprint density at radius 1 is 1.42 bits per heavy atom. The number of nitrogens with zero attached hydrogens (tertiary/aromatic N) is 1. The van der Waals surface area contributed by atoms with E-state index in [2.05, 4.69) is 49.7 Å². The van der Waals surface area contributed by atoms with Crippen molar-refractivity contribution in [3.8, 4) is 0 Å². The quantitative estimate of drug-likeness (QED) is 0.175. The molecule has 0 aliphatic carbocycles. The molecule has 0 spiro atoms. The molecule has 0 aromatic carbocycles. The molecule has 0 heterocycles. The van der Waals surface area contributed by atoms with E-state index in [1.54, 1.807) is 6.08 Å². The van der Waals surface area contributed by atoms with Crippen LogP contribution in [0.2, 0.25) is 0 Å². The van der Waals surface area contributed by atoms with Gasteiger partial charge in [0.15, 0.2) is 0 Å². The minimum absolute atomic E-state index is 0.141. The summed E-state index contributed by atoms with van der Waals surface area (Å²) >= 11 is 0. The van der Waals surface area contributed by atoms with E-state index in [0.29, 0.717) is 19.0 Å². The third-order valence-electron chi connectivity index (χ3n) is 4.00. The maximum absolute atomic E-state index is 7.86. The number of hydrogen-bond acceptors (Lipinski definition) is 5. The standard InChI is InChI=1S/C20H35N5O/c1-7-9-18(15(3)14-26-13-12-23-5)16(4)17(8-2)20(24-6)25-19(22)10-11-21/h8,10-11,15,23H,2,6-7,9,12-14,21H2,1,3-5H3,(H2,22,25)/b11-10-,18-16-,20-17+. The number of likely N-dealkylation sites (N-methyl/N-ethyl adjacent to an activating group) is 1. The number of allylic oxidation sites excluding steroid dienone is 3. The highest BCUT2D eigenvalue weighted by Crippen LogP contribution is 2.27. The molecule has 1 atom stereocenters. The molecule has 0 aliphatic heterocycles. The molecule has 0 bridgehead atoms. The van der Waals surface area contributed by atoms with E-state index in [0.717, 1.165) is 30.5 Å². The van der Waals surface area contributed by atoms with Gasteiger partial charge in [-0.3, -0.25) is 5.41 Å². The van der Waals surface area contributed by atoms with Crippen LogP contribution < -0.4 is 16.4 Å². The summed E-state index contributed by atoms with van der Waals surface area (Å²) in [5.41, 5.74) is 8.56. The molecule has 26 heavy (non-hydrogen) atoms. The highest BCUT2D eigenvalue weighted by atomic mass is 16.5. The highest BCUT2D eigenvalue weighted by molar-refractivity contribution is 5.91. The van der Waals surface area contributed by atoms with Crippen LogP contribution in [0.25, 0.3) is 0 Å². The molecule has 1 unspecified atom stereocenters. The van der Waals surface area contributed by atoms with Gasteiger partial charge in [0.1, 0.15) is 11.7 Å². The normalized spacial score (nSPS) is 14.5. The van der Waals surface area contributed by atoms with Crippen LogP contribution >= 0.6 is 0 Å². The van der Waals surface area contributed by atoms with Crippen LogP contribution in [0.5, 0.6) is 0 Å². The fourth-order valence-corrected chi connectivity index (χ4v) is 2.67. The van der Waals surface area contributed by atoms with Crippen LogP contribution in [-0.4, -0.2) is 39.4 Å². The topological polar surface area (TPSA) is 95.5 Å². The highest BCUT2D eigenvalue weighted by Gasteiger charge is 2.16. The van der Waals surface area contributed by atoms with Gasteiger partial charge >= 0.3 is 0 Å². The first kappa shape index (κ1) is 23.8. The molecule has 0 fully saturated rings. The first-order valence-electron chi connectivity index (χ1n) is 8.96. The van der Waals surface area contributed by atoms with Crippen molar-refractivity contribution in [1.82, 2.24) is 10.6 Å². The van der Waals surface area contributed by atoms with Crippen LogP contribution in [0.3, 0.4) is 0 Å². The van der Waals surface area contributed by atoms with E-state index in [4.69, 9.17) is 15.9 Å². The number of nitrogens with two attached hydrogens (primary N) is 1. The molecule has 0 aromatic heterocycles. The second kappa shape index (κ2) is 14.0. The number of rotatable bonds is 13. The molecule has 0 rings (SSSR count). The summed E-state index contributed by atoms with van der Waals surface area (Å²) in [4.78, 5) is 4.05. The van der Waals surface area contributed by atoms with Gasteiger partial charge in [0.25, 0.3) is 0 Å². The first-order valence-corrected chi connectivity index (χ1v) is 8.96. The Labute approximate surface area is 158 Å². The third-order valence-corrected chi connectivity index (χ3v) is 4.00. The summed E-state index contributed by atoms with van der Waals surface area (Å²) in [5.74, 6) is 0.913. The van der Waals surface area contributed by atoms with Gasteiger partial charge in [0, 0.05) is 18.0 Å². The van der Waals surface area contributed by atoms with E-state index in [1.807, 2.05) is 7.05 Å². The van der Waals surface area contributed by atoms with Crippen LogP contribution in [-0.2, 0) is 4.74 Å². The Morgan fingerprint density at radius 2 is 2.12 bits per heavy atom. The predicted molar refractivity (Wildman–Crippen MR) is 112 cm³/mol. The predicted octanol–water partition coefficient (Wildman–Crippen LogP) is 3.11. The van der Waals surface area contributed by atoms with Gasteiger partial charge < -0.3 is 21.1 Å². The molecule has 0 aromatic rings. The van der Waals surface area contributed by atoms with Crippen LogP contribution in [0, 0.1) is 11.3 Å². The average Bonchev–Trinajstić information content (AvgIpc) is 2.62. The zero-order chi connectivity index (χ0) is 19.9. The Morgan fingerprint density at radius 3 is 2.62 bits per heavy atom. The second-order valence-corrected chi connectivity index (χ2v) is 6.00. The maximum atomic E-state index is 7.86. The van der Waals surface area contributed by atoms with Crippen LogP contribution in [0.1, 0.15) is 33.6 Å². The Hall–Kier alpha value is -2.18. The third kappa shape index (κ3) is 8.27. The first-order chi connectivity index (χ1) is 12.5. The lowest BCUT2D eigenvalue weighted by molar-refractivity contribution is 0.116. The fraction of sp³-hybridized carbons (Fsp3) is 0.500. The van der Waals surface area contributed by atoms with Gasteiger partial charge in [-0.15, -0.1) is 0 Å². The number of amidine groups is 1. The van der Waals surface area contributed by atoms with Gasteiger partial charge in [-0.25, -0.2) is 4.99 Å². The van der Waals surface area contributed by atoms with Gasteiger partial charge in [-0.2, -0.15) is 0 Å². The van der Waals surface area contributed by atoms with Crippen molar-refractivity contribution in [3.63, 3.8) is 0 Å². The summed E-state index contributed by atoms with van der Waals surface area (Å²) in [6.07, 6.45) is 6.50. The Bertz CT molecular complexity index is 561. The number of ether oxygens (including phenoxy) is 1. The minimum atomic E-state index is 0.141. The number of aliphatic imine (C=N–C) groups is 1. The van der Waals surface area contributed by atoms with Crippen molar-refractivity contribution < 1.29 is 4.74 Å².